The number of phenolic OH excluding ortho intramolecular Hbond substituents is 1. The summed E-state index contributed by atoms with van der Waals surface area (Å²) in [5.41, 5.74) is 6.66. The maximum absolute atomic E-state index is 13.8. The highest BCUT2D eigenvalue weighted by Crippen LogP contribution is 2.19. The molecule has 6 N–H and O–H groups in total. The third-order valence-corrected chi connectivity index (χ3v) is 6.22. The van der Waals surface area contributed by atoms with Gasteiger partial charge in [-0.3, -0.25) is 29.4 Å². The molecule has 206 valence electrons. The number of nitrogens with one attached hydrogen (secondary N) is 2. The number of hydrogen-bond acceptors (Lipinski definition) is 8. The lowest BCUT2D eigenvalue weighted by Crippen LogP contribution is -2.63. The predicted octanol–water partition coefficient (Wildman–Crippen LogP) is -0.296. The number of piperazine rings is 1. The molecule has 2 atom stereocenters. The number of nitrogen functional groups attached to an aromatic ring is 1. The first-order valence-electron chi connectivity index (χ1n) is 11.9. The van der Waals surface area contributed by atoms with Gasteiger partial charge in [-0.15, -0.1) is 0 Å². The highest BCUT2D eigenvalue weighted by Gasteiger charge is 2.41. The maximum atomic E-state index is 13.8. The Balaban J connectivity index is 1.91. The van der Waals surface area contributed by atoms with E-state index < -0.39 is 54.7 Å². The van der Waals surface area contributed by atoms with Crippen molar-refractivity contribution in [1.29, 1.82) is 5.41 Å². The molecule has 1 aliphatic heterocycles. The molecule has 0 aromatic heterocycles. The van der Waals surface area contributed by atoms with Crippen molar-refractivity contribution in [3.8, 4) is 5.75 Å². The molecule has 3 rings (SSSR count). The summed E-state index contributed by atoms with van der Waals surface area (Å²) in [6, 6.07) is 9.35. The van der Waals surface area contributed by atoms with Gasteiger partial charge in [-0.2, -0.15) is 0 Å². The lowest BCUT2D eigenvalue weighted by molar-refractivity contribution is -0.159. The van der Waals surface area contributed by atoms with Crippen LogP contribution in [0.4, 0.5) is 0 Å². The summed E-state index contributed by atoms with van der Waals surface area (Å²) in [4.78, 5) is 65.5. The Morgan fingerprint density at radius 3 is 2.26 bits per heavy atom. The van der Waals surface area contributed by atoms with Gasteiger partial charge in [0, 0.05) is 30.6 Å². The van der Waals surface area contributed by atoms with Gasteiger partial charge in [-0.25, -0.2) is 0 Å². The van der Waals surface area contributed by atoms with Gasteiger partial charge in [0.15, 0.2) is 0 Å². The van der Waals surface area contributed by atoms with E-state index in [-0.39, 0.29) is 36.7 Å². The zero-order valence-electron chi connectivity index (χ0n) is 21.1. The number of esters is 1. The first kappa shape index (κ1) is 28.6. The molecule has 0 spiro atoms. The third-order valence-electron chi connectivity index (χ3n) is 6.22. The second-order valence-corrected chi connectivity index (χ2v) is 8.87. The summed E-state index contributed by atoms with van der Waals surface area (Å²) >= 11 is 0. The molecule has 0 aliphatic carbocycles. The fraction of sp³-hybridized carbons (Fsp3) is 0.308. The second kappa shape index (κ2) is 12.5. The number of carboxylic acid groups (broad SMARTS) is 1. The SMILES string of the molecule is COC(=O)C[C@@H]1C(=O)N(CC(=O)O)CCN1C(=O)[C@@H](Cc1ccc(O)cc1)NC(=O)c1ccc(C(=N)N)cc1. The molecule has 3 amide bonds. The van der Waals surface area contributed by atoms with Crippen LogP contribution >= 0.6 is 0 Å². The summed E-state index contributed by atoms with van der Waals surface area (Å²) in [7, 11) is 1.13. The molecule has 0 unspecified atom stereocenters. The molecular formula is C26H29N5O8. The fourth-order valence-electron chi connectivity index (χ4n) is 4.17. The van der Waals surface area contributed by atoms with E-state index in [4.69, 9.17) is 16.2 Å². The molecular weight excluding hydrogens is 510 g/mol. The van der Waals surface area contributed by atoms with Crippen molar-refractivity contribution in [2.45, 2.75) is 24.9 Å². The highest BCUT2D eigenvalue weighted by molar-refractivity contribution is 6.01. The number of amides is 3. The molecule has 2 aromatic carbocycles. The molecule has 0 radical (unpaired) electrons. The number of carboxylic acids is 1. The second-order valence-electron chi connectivity index (χ2n) is 8.87. The van der Waals surface area contributed by atoms with E-state index in [0.29, 0.717) is 11.1 Å². The highest BCUT2D eigenvalue weighted by atomic mass is 16.5. The molecule has 0 bridgehead atoms. The van der Waals surface area contributed by atoms with Gasteiger partial charge in [0.05, 0.1) is 13.5 Å². The number of phenols is 1. The summed E-state index contributed by atoms with van der Waals surface area (Å²) in [6.45, 7) is -0.752. The van der Waals surface area contributed by atoms with Crippen LogP contribution in [-0.4, -0.2) is 94.3 Å². The van der Waals surface area contributed by atoms with Crippen molar-refractivity contribution in [2.24, 2.45) is 5.73 Å². The Bertz CT molecular complexity index is 1260. The van der Waals surface area contributed by atoms with Crippen molar-refractivity contribution in [3.05, 3.63) is 65.2 Å². The van der Waals surface area contributed by atoms with Crippen LogP contribution in [0.2, 0.25) is 0 Å². The normalized spacial score (nSPS) is 15.8. The quantitative estimate of drug-likeness (QED) is 0.153. The van der Waals surface area contributed by atoms with Crippen LogP contribution in [0.25, 0.3) is 0 Å². The van der Waals surface area contributed by atoms with Crippen LogP contribution < -0.4 is 11.1 Å². The van der Waals surface area contributed by atoms with E-state index in [1.165, 1.54) is 36.4 Å². The Morgan fingerprint density at radius 2 is 1.69 bits per heavy atom. The number of benzene rings is 2. The fourth-order valence-corrected chi connectivity index (χ4v) is 4.17. The van der Waals surface area contributed by atoms with Gasteiger partial charge in [-0.1, -0.05) is 24.3 Å². The minimum Gasteiger partial charge on any atom is -0.508 e. The molecule has 0 saturated carbocycles. The topological polar surface area (TPSA) is 203 Å². The molecule has 13 heteroatoms. The van der Waals surface area contributed by atoms with Crippen molar-refractivity contribution in [2.75, 3.05) is 26.7 Å². The number of aliphatic carboxylic acids is 1. The van der Waals surface area contributed by atoms with Gasteiger partial charge < -0.3 is 35.8 Å². The number of methoxy groups -OCH3 is 1. The van der Waals surface area contributed by atoms with E-state index in [1.54, 1.807) is 12.1 Å². The van der Waals surface area contributed by atoms with Crippen LogP contribution in [0.5, 0.6) is 5.75 Å². The smallest absolute Gasteiger partial charge is 0.323 e. The number of amidine groups is 1. The zero-order chi connectivity index (χ0) is 28.7. The Hall–Kier alpha value is -4.94. The van der Waals surface area contributed by atoms with Crippen LogP contribution in [-0.2, 0) is 30.3 Å². The average Bonchev–Trinajstić information content (AvgIpc) is 2.91. The van der Waals surface area contributed by atoms with Crippen molar-refractivity contribution in [1.82, 2.24) is 15.1 Å². The molecule has 39 heavy (non-hydrogen) atoms. The first-order valence-corrected chi connectivity index (χ1v) is 11.9. The average molecular weight is 540 g/mol. The Kier molecular flexibility index (Phi) is 9.20. The molecule has 13 nitrogen and oxygen atoms in total. The number of hydrogen-bond donors (Lipinski definition) is 5. The van der Waals surface area contributed by atoms with Crippen molar-refractivity contribution < 1.29 is 38.9 Å². The summed E-state index contributed by atoms with van der Waals surface area (Å²) in [5.74, 6) is -4.17. The van der Waals surface area contributed by atoms with E-state index in [1.807, 2.05) is 0 Å². The lowest BCUT2D eigenvalue weighted by Gasteiger charge is -2.41. The van der Waals surface area contributed by atoms with E-state index in [9.17, 15) is 29.1 Å². The predicted molar refractivity (Wildman–Crippen MR) is 137 cm³/mol. The lowest BCUT2D eigenvalue weighted by atomic mass is 10.0. The van der Waals surface area contributed by atoms with Gasteiger partial charge in [0.1, 0.15) is 30.2 Å². The summed E-state index contributed by atoms with van der Waals surface area (Å²) in [5, 5.41) is 28.9. The summed E-state index contributed by atoms with van der Waals surface area (Å²) < 4.78 is 4.68. The number of nitrogens with zero attached hydrogens (tertiary/aromatic N) is 2. The van der Waals surface area contributed by atoms with Crippen molar-refractivity contribution >= 4 is 35.5 Å². The van der Waals surface area contributed by atoms with Crippen molar-refractivity contribution in [3.63, 3.8) is 0 Å². The van der Waals surface area contributed by atoms with Gasteiger partial charge in [0.2, 0.25) is 11.8 Å². The van der Waals surface area contributed by atoms with Crippen LogP contribution in [0.15, 0.2) is 48.5 Å². The zero-order valence-corrected chi connectivity index (χ0v) is 21.1. The molecule has 1 fully saturated rings. The molecule has 1 saturated heterocycles. The van der Waals surface area contributed by atoms with Gasteiger partial charge in [-0.05, 0) is 29.8 Å². The van der Waals surface area contributed by atoms with Crippen LogP contribution in [0, 0.1) is 5.41 Å². The van der Waals surface area contributed by atoms with E-state index in [0.717, 1.165) is 16.9 Å². The van der Waals surface area contributed by atoms with Crippen LogP contribution in [0.1, 0.15) is 27.9 Å². The Labute approximate surface area is 223 Å². The Morgan fingerprint density at radius 1 is 1.08 bits per heavy atom. The number of carbonyl (C=O) groups is 5. The molecule has 2 aromatic rings. The molecule has 1 aliphatic rings. The number of rotatable bonds is 10. The van der Waals surface area contributed by atoms with Gasteiger partial charge >= 0.3 is 11.9 Å². The minimum absolute atomic E-state index is 0.00881. The van der Waals surface area contributed by atoms with E-state index >= 15 is 0 Å². The monoisotopic (exact) mass is 539 g/mol. The maximum Gasteiger partial charge on any atom is 0.323 e. The minimum atomic E-state index is -1.33. The number of carbonyl (C=O) groups excluding carboxylic acids is 4. The number of ether oxygens (including phenoxy) is 1. The number of aromatic hydroxyl groups is 1. The van der Waals surface area contributed by atoms with Crippen LogP contribution in [0.3, 0.4) is 0 Å². The standard InChI is InChI=1S/C26H29N5O8/c1-39-22(35)13-20-26(38)30(14-21(33)34)10-11-31(20)25(37)19(12-15-2-8-18(32)9-3-15)29-24(36)17-6-4-16(5-7-17)23(27)28/h2-9,19-20,32H,10-14H2,1H3,(H3,27,28)(H,29,36)(H,33,34)/t19-,20-/m1/s1. The van der Waals surface area contributed by atoms with Gasteiger partial charge in [0.25, 0.3) is 5.91 Å². The number of nitrogens with two attached hydrogens (primary N) is 1. The largest absolute Gasteiger partial charge is 0.508 e. The van der Waals surface area contributed by atoms with E-state index in [2.05, 4.69) is 10.1 Å². The third kappa shape index (κ3) is 7.31. The first-order chi connectivity index (χ1) is 18.5. The summed E-state index contributed by atoms with van der Waals surface area (Å²) in [6.07, 6.45) is -0.506. The molecule has 1 heterocycles.